The minimum Gasteiger partial charge on any atom is -0.481 e. The van der Waals surface area contributed by atoms with Crippen molar-refractivity contribution in [3.63, 3.8) is 0 Å². The Morgan fingerprint density at radius 1 is 1.05 bits per heavy atom. The number of esters is 1. The number of aromatic nitrogens is 3. The van der Waals surface area contributed by atoms with Crippen LogP contribution in [0.4, 0.5) is 5.69 Å². The van der Waals surface area contributed by atoms with E-state index < -0.39 is 12.1 Å². The second-order valence-corrected chi connectivity index (χ2v) is 9.75. The fourth-order valence-corrected chi connectivity index (χ4v) is 4.06. The molecule has 1 heterocycles. The first kappa shape index (κ1) is 28.7. The van der Waals surface area contributed by atoms with Gasteiger partial charge in [0.1, 0.15) is 5.75 Å². The maximum absolute atomic E-state index is 12.5. The molecular formula is C27H33N5O5S. The molecule has 2 amide bonds. The third kappa shape index (κ3) is 8.34. The summed E-state index contributed by atoms with van der Waals surface area (Å²) in [5.41, 5.74) is 2.05. The molecule has 1 atom stereocenters. The standard InChI is InChI=1S/C27H33N5O5S/c1-6-19-10-12-22(13-11-19)37-18(4)25(34)28-15-23-30-31-27(32(23)5)38-16-24(33)29-21-9-7-8-20(14-21)26(35)36-17(2)3/h7-14,17-18H,6,15-16H2,1-5H3,(H,28,34)(H,29,33)/t18-/m0/s1. The van der Waals surface area contributed by atoms with Crippen molar-refractivity contribution in [2.24, 2.45) is 7.05 Å². The van der Waals surface area contributed by atoms with Gasteiger partial charge in [-0.05, 0) is 63.1 Å². The molecule has 3 rings (SSSR count). The van der Waals surface area contributed by atoms with Crippen LogP contribution in [0.3, 0.4) is 0 Å². The first-order chi connectivity index (χ1) is 18.2. The lowest BCUT2D eigenvalue weighted by atomic mass is 10.2. The number of nitrogens with one attached hydrogen (secondary N) is 2. The van der Waals surface area contributed by atoms with Gasteiger partial charge in [0, 0.05) is 12.7 Å². The molecule has 2 N–H and O–H groups in total. The maximum Gasteiger partial charge on any atom is 0.338 e. The molecule has 0 aliphatic carbocycles. The van der Waals surface area contributed by atoms with Gasteiger partial charge in [-0.25, -0.2) is 4.79 Å². The molecule has 0 aliphatic rings. The fraction of sp³-hybridized carbons (Fsp3) is 0.370. The van der Waals surface area contributed by atoms with Crippen molar-refractivity contribution in [2.45, 2.75) is 58.0 Å². The van der Waals surface area contributed by atoms with Crippen molar-refractivity contribution in [3.05, 3.63) is 65.5 Å². The Labute approximate surface area is 226 Å². The quantitative estimate of drug-likeness (QED) is 0.263. The molecule has 0 bridgehead atoms. The van der Waals surface area contributed by atoms with E-state index in [1.807, 2.05) is 24.3 Å². The predicted molar refractivity (Wildman–Crippen MR) is 145 cm³/mol. The largest absolute Gasteiger partial charge is 0.481 e. The molecule has 11 heteroatoms. The summed E-state index contributed by atoms with van der Waals surface area (Å²) in [6, 6.07) is 14.2. The van der Waals surface area contributed by atoms with Crippen LogP contribution in [0.5, 0.6) is 5.75 Å². The summed E-state index contributed by atoms with van der Waals surface area (Å²) < 4.78 is 12.6. The number of aryl methyl sites for hydroxylation is 1. The van der Waals surface area contributed by atoms with E-state index in [9.17, 15) is 14.4 Å². The summed E-state index contributed by atoms with van der Waals surface area (Å²) in [5.74, 6) is 0.261. The monoisotopic (exact) mass is 539 g/mol. The van der Waals surface area contributed by atoms with E-state index in [0.717, 1.165) is 6.42 Å². The van der Waals surface area contributed by atoms with Gasteiger partial charge in [0.2, 0.25) is 5.91 Å². The zero-order chi connectivity index (χ0) is 27.7. The molecule has 0 fully saturated rings. The zero-order valence-corrected chi connectivity index (χ0v) is 23.0. The highest BCUT2D eigenvalue weighted by Gasteiger charge is 2.17. The predicted octanol–water partition coefficient (Wildman–Crippen LogP) is 3.76. The van der Waals surface area contributed by atoms with Crippen LogP contribution in [0.15, 0.2) is 53.7 Å². The third-order valence-corrected chi connectivity index (χ3v) is 6.44. The molecule has 10 nitrogen and oxygen atoms in total. The van der Waals surface area contributed by atoms with Crippen LogP contribution in [0.2, 0.25) is 0 Å². The van der Waals surface area contributed by atoms with E-state index in [-0.39, 0.29) is 30.2 Å². The molecule has 0 saturated carbocycles. The molecule has 0 radical (unpaired) electrons. The van der Waals surface area contributed by atoms with Crippen LogP contribution in [-0.4, -0.2) is 50.5 Å². The minimum atomic E-state index is -0.682. The van der Waals surface area contributed by atoms with Crippen LogP contribution >= 0.6 is 11.8 Å². The normalized spacial score (nSPS) is 11.6. The molecule has 0 spiro atoms. The van der Waals surface area contributed by atoms with Gasteiger partial charge < -0.3 is 24.7 Å². The summed E-state index contributed by atoms with van der Waals surface area (Å²) in [6.07, 6.45) is 0.0181. The second kappa shape index (κ2) is 13.6. The van der Waals surface area contributed by atoms with Crippen molar-refractivity contribution in [3.8, 4) is 5.75 Å². The highest BCUT2D eigenvalue weighted by atomic mass is 32.2. The number of thioether (sulfide) groups is 1. The number of rotatable bonds is 12. The highest BCUT2D eigenvalue weighted by molar-refractivity contribution is 7.99. The number of amides is 2. The van der Waals surface area contributed by atoms with Gasteiger partial charge >= 0.3 is 5.97 Å². The van der Waals surface area contributed by atoms with Crippen LogP contribution in [0.25, 0.3) is 0 Å². The Morgan fingerprint density at radius 2 is 1.79 bits per heavy atom. The van der Waals surface area contributed by atoms with Gasteiger partial charge in [0.15, 0.2) is 17.1 Å². The molecule has 0 saturated heterocycles. The number of hydrogen-bond acceptors (Lipinski definition) is 8. The first-order valence-electron chi connectivity index (χ1n) is 12.3. The number of carbonyl (C=O) groups is 3. The average Bonchev–Trinajstić information content (AvgIpc) is 3.25. The maximum atomic E-state index is 12.5. The first-order valence-corrected chi connectivity index (χ1v) is 13.3. The zero-order valence-electron chi connectivity index (χ0n) is 22.2. The van der Waals surface area contributed by atoms with Gasteiger partial charge in [-0.15, -0.1) is 10.2 Å². The summed E-state index contributed by atoms with van der Waals surface area (Å²) in [5, 5.41) is 14.3. The van der Waals surface area contributed by atoms with E-state index in [1.165, 1.54) is 17.3 Å². The van der Waals surface area contributed by atoms with E-state index in [0.29, 0.717) is 28.0 Å². The Kier molecular flexibility index (Phi) is 10.3. The van der Waals surface area contributed by atoms with E-state index in [1.54, 1.807) is 56.7 Å². The molecule has 1 aromatic heterocycles. The lowest BCUT2D eigenvalue weighted by molar-refractivity contribution is -0.127. The summed E-state index contributed by atoms with van der Waals surface area (Å²) in [6.45, 7) is 7.47. The molecule has 0 unspecified atom stereocenters. The lowest BCUT2D eigenvalue weighted by Crippen LogP contribution is -2.36. The van der Waals surface area contributed by atoms with E-state index >= 15 is 0 Å². The number of ether oxygens (including phenoxy) is 2. The van der Waals surface area contributed by atoms with Crippen LogP contribution in [0.1, 0.15) is 49.4 Å². The van der Waals surface area contributed by atoms with Crippen molar-refractivity contribution in [2.75, 3.05) is 11.1 Å². The van der Waals surface area contributed by atoms with Gasteiger partial charge in [-0.2, -0.15) is 0 Å². The number of hydrogen-bond donors (Lipinski definition) is 2. The molecule has 3 aromatic rings. The van der Waals surface area contributed by atoms with Crippen molar-refractivity contribution < 1.29 is 23.9 Å². The lowest BCUT2D eigenvalue weighted by Gasteiger charge is -2.15. The average molecular weight is 540 g/mol. The Hall–Kier alpha value is -3.86. The second-order valence-electron chi connectivity index (χ2n) is 8.80. The van der Waals surface area contributed by atoms with Crippen LogP contribution in [-0.2, 0) is 34.3 Å². The summed E-state index contributed by atoms with van der Waals surface area (Å²) in [4.78, 5) is 37.0. The molecule has 202 valence electrons. The Balaban J connectivity index is 1.47. The van der Waals surface area contributed by atoms with Crippen LogP contribution < -0.4 is 15.4 Å². The topological polar surface area (TPSA) is 124 Å². The molecule has 38 heavy (non-hydrogen) atoms. The Bertz CT molecular complexity index is 1260. The number of carbonyl (C=O) groups excluding carboxylic acids is 3. The SMILES string of the molecule is CCc1ccc(O[C@@H](C)C(=O)NCc2nnc(SCC(=O)Nc3cccc(C(=O)OC(C)C)c3)n2C)cc1. The third-order valence-electron chi connectivity index (χ3n) is 5.42. The van der Waals surface area contributed by atoms with Gasteiger partial charge in [0.25, 0.3) is 5.91 Å². The van der Waals surface area contributed by atoms with Crippen molar-refractivity contribution in [1.29, 1.82) is 0 Å². The number of nitrogens with zero attached hydrogens (tertiary/aromatic N) is 3. The highest BCUT2D eigenvalue weighted by Crippen LogP contribution is 2.18. The van der Waals surface area contributed by atoms with Gasteiger partial charge in [-0.3, -0.25) is 9.59 Å². The molecule has 2 aromatic carbocycles. The number of anilines is 1. The summed E-state index contributed by atoms with van der Waals surface area (Å²) >= 11 is 1.21. The minimum absolute atomic E-state index is 0.0840. The Morgan fingerprint density at radius 3 is 2.47 bits per heavy atom. The van der Waals surface area contributed by atoms with Gasteiger partial charge in [0.05, 0.1) is 24.0 Å². The smallest absolute Gasteiger partial charge is 0.338 e. The van der Waals surface area contributed by atoms with E-state index in [2.05, 4.69) is 27.8 Å². The van der Waals surface area contributed by atoms with Crippen LogP contribution in [0, 0.1) is 0 Å². The van der Waals surface area contributed by atoms with Crippen molar-refractivity contribution in [1.82, 2.24) is 20.1 Å². The molecule has 0 aliphatic heterocycles. The molecular weight excluding hydrogens is 506 g/mol. The van der Waals surface area contributed by atoms with E-state index in [4.69, 9.17) is 9.47 Å². The fourth-order valence-electron chi connectivity index (χ4n) is 3.33. The van der Waals surface area contributed by atoms with Gasteiger partial charge in [-0.1, -0.05) is 36.9 Å². The number of benzene rings is 2. The summed E-state index contributed by atoms with van der Waals surface area (Å²) in [7, 11) is 1.76. The van der Waals surface area contributed by atoms with Crippen molar-refractivity contribution >= 4 is 35.2 Å².